The second-order valence-electron chi connectivity index (χ2n) is 32.4. The molecule has 2 saturated carbocycles. The van der Waals surface area contributed by atoms with Crippen molar-refractivity contribution in [3.63, 3.8) is 0 Å². The van der Waals surface area contributed by atoms with Gasteiger partial charge in [-0.15, -0.1) is 0 Å². The summed E-state index contributed by atoms with van der Waals surface area (Å²) in [6, 6.07) is 0. The van der Waals surface area contributed by atoms with Crippen LogP contribution in [-0.2, 0) is 28.6 Å². The van der Waals surface area contributed by atoms with Crippen molar-refractivity contribution in [3.8, 4) is 0 Å². The zero-order valence-electron chi connectivity index (χ0n) is 64.9. The summed E-state index contributed by atoms with van der Waals surface area (Å²) in [4.78, 5) is 42.2. The number of carbonyl (C=O) groups is 3. The molecule has 2 fully saturated rings. The molecule has 2 aliphatic rings. The van der Waals surface area contributed by atoms with Gasteiger partial charge in [-0.1, -0.05) is 469 Å². The van der Waals surface area contributed by atoms with Crippen LogP contribution in [0.1, 0.15) is 515 Å². The summed E-state index contributed by atoms with van der Waals surface area (Å²) in [5.41, 5.74) is -0.825. The average Bonchev–Trinajstić information content (AvgIpc) is 1.76. The Kier molecular flexibility index (Phi) is 68.0. The normalized spacial score (nSPS) is 19.4. The summed E-state index contributed by atoms with van der Waals surface area (Å²) < 4.78 is 18.9. The first-order chi connectivity index (χ1) is 46.9. The van der Waals surface area contributed by atoms with Crippen molar-refractivity contribution in [2.24, 2.45) is 17.3 Å². The topological polar surface area (TPSA) is 78.9 Å². The van der Waals surface area contributed by atoms with Gasteiger partial charge in [0.25, 0.3) is 0 Å². The van der Waals surface area contributed by atoms with E-state index in [1.54, 1.807) is 0 Å². The fraction of sp³-hybridized carbons (Fsp3) is 0.966. The van der Waals surface area contributed by atoms with Crippen molar-refractivity contribution in [1.29, 1.82) is 0 Å². The molecule has 2 rings (SSSR count). The van der Waals surface area contributed by atoms with Gasteiger partial charge in [-0.25, -0.2) is 0 Å². The number of esters is 3. The van der Waals surface area contributed by atoms with Gasteiger partial charge in [0.15, 0.2) is 0 Å². The summed E-state index contributed by atoms with van der Waals surface area (Å²) >= 11 is 0. The van der Waals surface area contributed by atoms with Crippen LogP contribution in [-0.4, -0.2) is 37.7 Å². The quantitative estimate of drug-likeness (QED) is 0.0363. The van der Waals surface area contributed by atoms with E-state index in [4.69, 9.17) is 14.2 Å². The molecule has 95 heavy (non-hydrogen) atoms. The van der Waals surface area contributed by atoms with E-state index < -0.39 is 5.41 Å². The van der Waals surface area contributed by atoms with E-state index in [9.17, 15) is 14.4 Å². The van der Waals surface area contributed by atoms with Crippen LogP contribution >= 0.6 is 0 Å². The highest BCUT2D eigenvalue weighted by molar-refractivity contribution is 5.73. The number of hydrogen-bond acceptors (Lipinski definition) is 6. The predicted molar refractivity (Wildman–Crippen MR) is 414 cm³/mol. The van der Waals surface area contributed by atoms with Gasteiger partial charge >= 0.3 is 17.9 Å². The van der Waals surface area contributed by atoms with E-state index in [0.717, 1.165) is 64.2 Å². The first kappa shape index (κ1) is 89.5. The van der Waals surface area contributed by atoms with Crippen LogP contribution in [0.15, 0.2) is 0 Å². The minimum Gasteiger partial charge on any atom is -0.465 e. The first-order valence-electron chi connectivity index (χ1n) is 44.4. The molecule has 2 aliphatic carbocycles. The molecular formula is C89H170O6. The second-order valence-corrected chi connectivity index (χ2v) is 32.4. The minimum absolute atomic E-state index is 0.0845. The van der Waals surface area contributed by atoms with Gasteiger partial charge in [0.1, 0.15) is 19.8 Å². The zero-order chi connectivity index (χ0) is 67.8. The summed E-state index contributed by atoms with van der Waals surface area (Å²) in [7, 11) is 0. The summed E-state index contributed by atoms with van der Waals surface area (Å²) in [5.74, 6) is -0.653. The number of hydrogen-bond donors (Lipinski definition) is 0. The van der Waals surface area contributed by atoms with E-state index in [0.29, 0.717) is 6.42 Å². The van der Waals surface area contributed by atoms with E-state index in [1.165, 1.54) is 430 Å². The molecule has 0 aromatic carbocycles. The molecule has 0 radical (unpaired) electrons. The van der Waals surface area contributed by atoms with Crippen molar-refractivity contribution >= 4 is 17.9 Å². The van der Waals surface area contributed by atoms with Crippen molar-refractivity contribution in [1.82, 2.24) is 0 Å². The Labute approximate surface area is 595 Å². The third kappa shape index (κ3) is 63.1. The molecule has 0 aliphatic heterocycles. The van der Waals surface area contributed by atoms with E-state index in [-0.39, 0.29) is 49.6 Å². The fourth-order valence-electron chi connectivity index (χ4n) is 15.7. The Morgan fingerprint density at radius 2 is 0.389 bits per heavy atom. The van der Waals surface area contributed by atoms with Crippen molar-refractivity contribution in [2.45, 2.75) is 515 Å². The van der Waals surface area contributed by atoms with Gasteiger partial charge < -0.3 is 14.2 Å². The number of unbranched alkanes of at least 4 members (excludes halogenated alkanes) is 24. The smallest absolute Gasteiger partial charge is 0.308 e. The van der Waals surface area contributed by atoms with Crippen LogP contribution in [0.3, 0.4) is 0 Å². The molecule has 0 aromatic heterocycles. The Hall–Kier alpha value is -1.59. The molecule has 0 N–H and O–H groups in total. The summed E-state index contributed by atoms with van der Waals surface area (Å²) in [5, 5.41) is 0. The SMILES string of the molecule is CCCCCCCCCCCCCCCCCCCCCCCCCCCC(=O)OCC(C)(COC(=O)C1CCCCCCCCCCCCCCCCCCCCCCCCCC1)COC(=O)C1CCCCCCCCCCCCCCCCCCCCCCCCCC1. The molecule has 6 heteroatoms. The van der Waals surface area contributed by atoms with Gasteiger partial charge in [-0.05, 0) is 39.0 Å². The van der Waals surface area contributed by atoms with Crippen LogP contribution in [0.25, 0.3) is 0 Å². The lowest BCUT2D eigenvalue weighted by atomic mass is 9.92. The minimum atomic E-state index is -0.825. The van der Waals surface area contributed by atoms with Crippen molar-refractivity contribution in [3.05, 3.63) is 0 Å². The van der Waals surface area contributed by atoms with Gasteiger partial charge in [-0.3, -0.25) is 14.4 Å². The third-order valence-electron chi connectivity index (χ3n) is 22.6. The van der Waals surface area contributed by atoms with Crippen molar-refractivity contribution < 1.29 is 28.6 Å². The Morgan fingerprint density at radius 3 is 0.579 bits per heavy atom. The molecule has 562 valence electrons. The van der Waals surface area contributed by atoms with E-state index in [1.807, 2.05) is 6.92 Å². The van der Waals surface area contributed by atoms with Crippen LogP contribution in [0.2, 0.25) is 0 Å². The Bertz CT molecular complexity index is 1440. The van der Waals surface area contributed by atoms with Crippen LogP contribution in [0, 0.1) is 17.3 Å². The molecule has 0 heterocycles. The molecule has 0 atom stereocenters. The summed E-state index contributed by atoms with van der Waals surface area (Å²) in [6.45, 7) is 4.58. The maximum absolute atomic E-state index is 14.4. The maximum Gasteiger partial charge on any atom is 0.308 e. The highest BCUT2D eigenvalue weighted by Crippen LogP contribution is 2.29. The highest BCUT2D eigenvalue weighted by atomic mass is 16.6. The van der Waals surface area contributed by atoms with Crippen molar-refractivity contribution in [2.75, 3.05) is 19.8 Å². The monoisotopic (exact) mass is 1340 g/mol. The average molecular weight is 1340 g/mol. The lowest BCUT2D eigenvalue weighted by Gasteiger charge is -2.30. The van der Waals surface area contributed by atoms with E-state index >= 15 is 0 Å². The lowest BCUT2D eigenvalue weighted by Crippen LogP contribution is -2.38. The standard InChI is InChI=1S/C89H170O6/c1-3-4-5-6-7-8-9-10-11-12-13-14-15-16-25-30-35-40-45-50-55-60-65-70-75-80-86(90)93-81-89(2,82-94-87(91)84-76-71-66-61-56-51-46-41-36-31-26-21-17-18-22-27-32-37-42-47-52-57-62-67-72-77-84)83-95-88(92)85-78-73-68-63-58-53-48-43-38-33-28-23-19-20-24-29-34-39-44-49-54-59-64-69-74-79-85/h84-85H,3-83H2,1-2H3. The largest absolute Gasteiger partial charge is 0.465 e. The molecule has 0 bridgehead atoms. The second kappa shape index (κ2) is 72.2. The molecule has 0 unspecified atom stereocenters. The van der Waals surface area contributed by atoms with Gasteiger partial charge in [-0.2, -0.15) is 0 Å². The number of ether oxygens (including phenoxy) is 3. The Balaban J connectivity index is 1.96. The molecular weight excluding hydrogens is 1160 g/mol. The Morgan fingerprint density at radius 1 is 0.232 bits per heavy atom. The molecule has 6 nitrogen and oxygen atoms in total. The highest BCUT2D eigenvalue weighted by Gasteiger charge is 2.33. The number of rotatable bonds is 34. The predicted octanol–water partition coefficient (Wildman–Crippen LogP) is 30.3. The number of carbonyl (C=O) groups excluding carboxylic acids is 3. The molecule has 0 aromatic rings. The van der Waals surface area contributed by atoms with Crippen LogP contribution in [0.4, 0.5) is 0 Å². The van der Waals surface area contributed by atoms with Gasteiger partial charge in [0, 0.05) is 6.42 Å². The van der Waals surface area contributed by atoms with Gasteiger partial charge in [0.2, 0.25) is 0 Å². The third-order valence-corrected chi connectivity index (χ3v) is 22.6. The van der Waals surface area contributed by atoms with Crippen LogP contribution in [0.5, 0.6) is 0 Å². The zero-order valence-corrected chi connectivity index (χ0v) is 64.9. The van der Waals surface area contributed by atoms with Crippen LogP contribution < -0.4 is 0 Å². The molecule has 0 saturated heterocycles. The first-order valence-corrected chi connectivity index (χ1v) is 44.4. The summed E-state index contributed by atoms with van der Waals surface area (Å²) in [6.07, 6.45) is 102. The fourth-order valence-corrected chi connectivity index (χ4v) is 15.7. The molecule has 0 amide bonds. The lowest BCUT2D eigenvalue weighted by molar-refractivity contribution is -0.165. The van der Waals surface area contributed by atoms with E-state index in [2.05, 4.69) is 6.92 Å². The maximum atomic E-state index is 14.4. The van der Waals surface area contributed by atoms with Gasteiger partial charge in [0.05, 0.1) is 17.3 Å². The molecule has 0 spiro atoms.